The van der Waals surface area contributed by atoms with Gasteiger partial charge in [-0.15, -0.1) is 0 Å². The Morgan fingerprint density at radius 3 is 2.48 bits per heavy atom. The van der Waals surface area contributed by atoms with Crippen LogP contribution in [0.1, 0.15) is 76.4 Å². The van der Waals surface area contributed by atoms with Crippen molar-refractivity contribution < 1.29 is 4.74 Å². The Balaban J connectivity index is 2.35. The number of halogens is 1. The van der Waals surface area contributed by atoms with Crippen LogP contribution in [0.4, 0.5) is 5.82 Å². The summed E-state index contributed by atoms with van der Waals surface area (Å²) < 4.78 is 6.82. The van der Waals surface area contributed by atoms with Gasteiger partial charge < -0.3 is 10.5 Å². The third-order valence-corrected chi connectivity index (χ3v) is 4.96. The summed E-state index contributed by atoms with van der Waals surface area (Å²) in [5, 5.41) is 0. The number of aromatic nitrogens is 2. The van der Waals surface area contributed by atoms with Gasteiger partial charge in [-0.25, -0.2) is 9.97 Å². The Kier molecular flexibility index (Phi) is 5.99. The molecular formula is C16H26BrN3O. The van der Waals surface area contributed by atoms with Gasteiger partial charge in [0.25, 0.3) is 0 Å². The van der Waals surface area contributed by atoms with E-state index in [-0.39, 0.29) is 6.10 Å². The number of rotatable bonds is 5. The number of hydrogen-bond acceptors (Lipinski definition) is 4. The zero-order chi connectivity index (χ0) is 15.4. The summed E-state index contributed by atoms with van der Waals surface area (Å²) in [7, 11) is 0. The van der Waals surface area contributed by atoms with Crippen LogP contribution in [-0.2, 0) is 4.74 Å². The van der Waals surface area contributed by atoms with Gasteiger partial charge in [0.1, 0.15) is 11.9 Å². The Hall–Kier alpha value is -0.680. The number of nitrogens with two attached hydrogens (primary N) is 1. The van der Waals surface area contributed by atoms with E-state index in [1.165, 1.54) is 32.1 Å². The van der Waals surface area contributed by atoms with Gasteiger partial charge in [0, 0.05) is 6.61 Å². The van der Waals surface area contributed by atoms with Crippen molar-refractivity contribution in [3.05, 3.63) is 16.0 Å². The molecule has 1 aliphatic carbocycles. The normalized spacial score (nSPS) is 18.1. The maximum atomic E-state index is 6.07. The summed E-state index contributed by atoms with van der Waals surface area (Å²) in [6.07, 6.45) is 6.25. The maximum Gasteiger partial charge on any atom is 0.160 e. The largest absolute Gasteiger partial charge is 0.383 e. The van der Waals surface area contributed by atoms with Crippen molar-refractivity contribution in [1.82, 2.24) is 9.97 Å². The molecule has 0 radical (unpaired) electrons. The molecule has 2 rings (SSSR count). The van der Waals surface area contributed by atoms with Gasteiger partial charge in [-0.3, -0.25) is 0 Å². The minimum atomic E-state index is -0.0248. The van der Waals surface area contributed by atoms with Crippen molar-refractivity contribution in [2.24, 2.45) is 5.92 Å². The smallest absolute Gasteiger partial charge is 0.160 e. The summed E-state index contributed by atoms with van der Waals surface area (Å²) in [5.74, 6) is 2.09. The monoisotopic (exact) mass is 355 g/mol. The quantitative estimate of drug-likeness (QED) is 0.837. The summed E-state index contributed by atoms with van der Waals surface area (Å²) in [6, 6.07) is 0. The van der Waals surface area contributed by atoms with Crippen LogP contribution in [0.25, 0.3) is 0 Å². The molecule has 2 N–H and O–H groups in total. The molecule has 0 bridgehead atoms. The lowest BCUT2D eigenvalue weighted by Crippen LogP contribution is -2.22. The fourth-order valence-electron chi connectivity index (χ4n) is 3.05. The second-order valence-electron chi connectivity index (χ2n) is 6.10. The van der Waals surface area contributed by atoms with Gasteiger partial charge in [-0.2, -0.15) is 0 Å². The molecular weight excluding hydrogens is 330 g/mol. The van der Waals surface area contributed by atoms with E-state index in [9.17, 15) is 0 Å². The van der Waals surface area contributed by atoms with E-state index in [1.807, 2.05) is 6.92 Å². The summed E-state index contributed by atoms with van der Waals surface area (Å²) in [4.78, 5) is 9.27. The predicted molar refractivity (Wildman–Crippen MR) is 89.2 cm³/mol. The van der Waals surface area contributed by atoms with Gasteiger partial charge in [0.15, 0.2) is 5.82 Å². The van der Waals surface area contributed by atoms with E-state index >= 15 is 0 Å². The molecule has 1 aromatic rings. The maximum absolute atomic E-state index is 6.07. The zero-order valence-corrected chi connectivity index (χ0v) is 14.8. The van der Waals surface area contributed by atoms with E-state index in [1.54, 1.807) is 0 Å². The topological polar surface area (TPSA) is 61.0 Å². The van der Waals surface area contributed by atoms with Crippen molar-refractivity contribution in [2.75, 3.05) is 12.3 Å². The Morgan fingerprint density at radius 2 is 1.90 bits per heavy atom. The van der Waals surface area contributed by atoms with Crippen LogP contribution in [0.2, 0.25) is 0 Å². The molecule has 1 fully saturated rings. The van der Waals surface area contributed by atoms with Crippen molar-refractivity contribution in [1.29, 1.82) is 0 Å². The first-order valence-corrected chi connectivity index (χ1v) is 8.78. The number of nitrogen functional groups attached to an aromatic ring is 1. The molecule has 1 aliphatic rings. The van der Waals surface area contributed by atoms with Crippen LogP contribution in [0.3, 0.4) is 0 Å². The molecule has 1 heterocycles. The van der Waals surface area contributed by atoms with E-state index in [0.717, 1.165) is 16.0 Å². The highest BCUT2D eigenvalue weighted by molar-refractivity contribution is 9.10. The Bertz CT molecular complexity index is 473. The highest BCUT2D eigenvalue weighted by Gasteiger charge is 2.29. The van der Waals surface area contributed by atoms with Gasteiger partial charge >= 0.3 is 0 Å². The minimum Gasteiger partial charge on any atom is -0.383 e. The SMILES string of the molecule is CCOC(c1nc(N)c(Br)c(C(C)C)n1)C1CCCCC1. The van der Waals surface area contributed by atoms with E-state index in [4.69, 9.17) is 15.5 Å². The highest BCUT2D eigenvalue weighted by Crippen LogP contribution is 2.37. The molecule has 1 atom stereocenters. The standard InChI is InChI=1S/C16H26BrN3O/c1-4-21-14(11-8-6-5-7-9-11)16-19-13(10(2)3)12(17)15(18)20-16/h10-11,14H,4-9H2,1-3H3,(H2,18,19,20). The van der Waals surface area contributed by atoms with Crippen LogP contribution in [0.15, 0.2) is 4.47 Å². The van der Waals surface area contributed by atoms with Crippen molar-refractivity contribution in [2.45, 2.75) is 64.9 Å². The van der Waals surface area contributed by atoms with Crippen LogP contribution in [0, 0.1) is 5.92 Å². The third kappa shape index (κ3) is 3.95. The second kappa shape index (κ2) is 7.54. The predicted octanol–water partition coefficient (Wildman–Crippen LogP) is 4.60. The molecule has 118 valence electrons. The van der Waals surface area contributed by atoms with Crippen molar-refractivity contribution in [3.63, 3.8) is 0 Å². The van der Waals surface area contributed by atoms with E-state index in [2.05, 4.69) is 34.8 Å². The van der Waals surface area contributed by atoms with Crippen LogP contribution in [-0.4, -0.2) is 16.6 Å². The molecule has 4 nitrogen and oxygen atoms in total. The number of hydrogen-bond donors (Lipinski definition) is 1. The molecule has 1 aromatic heterocycles. The lowest BCUT2D eigenvalue weighted by Gasteiger charge is -2.29. The lowest BCUT2D eigenvalue weighted by molar-refractivity contribution is -0.000273. The molecule has 0 aromatic carbocycles. The molecule has 5 heteroatoms. The average Bonchev–Trinajstić information content (AvgIpc) is 2.48. The molecule has 0 amide bonds. The summed E-state index contributed by atoms with van der Waals surface area (Å²) in [6.45, 7) is 6.94. The van der Waals surface area contributed by atoms with Crippen LogP contribution in [0.5, 0.6) is 0 Å². The second-order valence-corrected chi connectivity index (χ2v) is 6.89. The Labute approximate surface area is 136 Å². The van der Waals surface area contributed by atoms with Crippen molar-refractivity contribution >= 4 is 21.7 Å². The number of ether oxygens (including phenoxy) is 1. The zero-order valence-electron chi connectivity index (χ0n) is 13.2. The highest BCUT2D eigenvalue weighted by atomic mass is 79.9. The third-order valence-electron chi connectivity index (χ3n) is 4.15. The fourth-order valence-corrected chi connectivity index (χ4v) is 3.68. The molecule has 1 saturated carbocycles. The van der Waals surface area contributed by atoms with Crippen LogP contribution < -0.4 is 5.73 Å². The van der Waals surface area contributed by atoms with Gasteiger partial charge in [0.2, 0.25) is 0 Å². The van der Waals surface area contributed by atoms with Crippen molar-refractivity contribution in [3.8, 4) is 0 Å². The van der Waals surface area contributed by atoms with Gasteiger partial charge in [-0.05, 0) is 47.5 Å². The minimum absolute atomic E-state index is 0.0248. The molecule has 1 unspecified atom stereocenters. The lowest BCUT2D eigenvalue weighted by atomic mass is 9.84. The molecule has 0 spiro atoms. The summed E-state index contributed by atoms with van der Waals surface area (Å²) >= 11 is 3.51. The molecule has 21 heavy (non-hydrogen) atoms. The van der Waals surface area contributed by atoms with Gasteiger partial charge in [-0.1, -0.05) is 33.1 Å². The van der Waals surface area contributed by atoms with E-state index in [0.29, 0.717) is 24.3 Å². The average molecular weight is 356 g/mol. The van der Waals surface area contributed by atoms with Crippen LogP contribution >= 0.6 is 15.9 Å². The molecule has 0 aliphatic heterocycles. The summed E-state index contributed by atoms with van der Waals surface area (Å²) in [5.41, 5.74) is 7.04. The van der Waals surface area contributed by atoms with Gasteiger partial charge in [0.05, 0.1) is 10.2 Å². The molecule has 0 saturated heterocycles. The number of nitrogens with zero attached hydrogens (tertiary/aromatic N) is 2. The first-order valence-electron chi connectivity index (χ1n) is 7.99. The number of anilines is 1. The first-order chi connectivity index (χ1) is 10.0. The fraction of sp³-hybridized carbons (Fsp3) is 0.750. The van der Waals surface area contributed by atoms with E-state index < -0.39 is 0 Å². The Morgan fingerprint density at radius 1 is 1.24 bits per heavy atom. The first kappa shape index (κ1) is 16.7.